The second-order valence-electron chi connectivity index (χ2n) is 4.64. The maximum absolute atomic E-state index is 10.8. The lowest BCUT2D eigenvalue weighted by Crippen LogP contribution is -2.41. The molecule has 94 valence electrons. The molecule has 0 spiro atoms. The van der Waals surface area contributed by atoms with Gasteiger partial charge in [0.25, 0.3) is 0 Å². The molecule has 4 nitrogen and oxygen atoms in total. The van der Waals surface area contributed by atoms with Crippen LogP contribution >= 0.6 is 0 Å². The zero-order valence-electron chi connectivity index (χ0n) is 10.3. The number of carboxylic acids is 1. The number of nitrogens with zero attached hydrogens (tertiary/aromatic N) is 1. The molecule has 0 aromatic carbocycles. The van der Waals surface area contributed by atoms with E-state index in [2.05, 4.69) is 18.7 Å². The summed E-state index contributed by atoms with van der Waals surface area (Å²) >= 11 is 0. The van der Waals surface area contributed by atoms with Crippen LogP contribution in [-0.2, 0) is 9.53 Å². The molecular weight excluding hydrogens is 206 g/mol. The van der Waals surface area contributed by atoms with Gasteiger partial charge >= 0.3 is 5.97 Å². The standard InChI is InChI=1S/C12H23NO3/c1-3-10(2)13(9-12(14)15)8-11-4-6-16-7-5-11/h10-11H,3-9H2,1-2H3,(H,14,15). The molecule has 0 amide bonds. The van der Waals surface area contributed by atoms with Crippen LogP contribution in [0.4, 0.5) is 0 Å². The molecule has 0 bridgehead atoms. The van der Waals surface area contributed by atoms with Gasteiger partial charge in [0.2, 0.25) is 0 Å². The van der Waals surface area contributed by atoms with Gasteiger partial charge in [-0.25, -0.2) is 0 Å². The molecule has 0 aromatic heterocycles. The van der Waals surface area contributed by atoms with E-state index in [1.165, 1.54) is 0 Å². The maximum atomic E-state index is 10.8. The van der Waals surface area contributed by atoms with E-state index in [0.717, 1.165) is 39.0 Å². The highest BCUT2D eigenvalue weighted by Gasteiger charge is 2.21. The third-order valence-corrected chi connectivity index (χ3v) is 3.39. The van der Waals surface area contributed by atoms with Crippen LogP contribution in [0.1, 0.15) is 33.1 Å². The van der Waals surface area contributed by atoms with Crippen LogP contribution in [0.25, 0.3) is 0 Å². The number of carbonyl (C=O) groups is 1. The van der Waals surface area contributed by atoms with Crippen LogP contribution in [0.5, 0.6) is 0 Å². The number of aliphatic carboxylic acids is 1. The Labute approximate surface area is 97.6 Å². The van der Waals surface area contributed by atoms with E-state index in [4.69, 9.17) is 9.84 Å². The number of rotatable bonds is 6. The van der Waals surface area contributed by atoms with Crippen LogP contribution in [0.3, 0.4) is 0 Å². The summed E-state index contributed by atoms with van der Waals surface area (Å²) in [5, 5.41) is 8.89. The third kappa shape index (κ3) is 4.49. The quantitative estimate of drug-likeness (QED) is 0.751. The molecule has 16 heavy (non-hydrogen) atoms. The highest BCUT2D eigenvalue weighted by atomic mass is 16.5. The summed E-state index contributed by atoms with van der Waals surface area (Å²) in [6.07, 6.45) is 3.12. The zero-order valence-corrected chi connectivity index (χ0v) is 10.3. The molecule has 4 heteroatoms. The van der Waals surface area contributed by atoms with Crippen LogP contribution in [0, 0.1) is 5.92 Å². The van der Waals surface area contributed by atoms with Crippen molar-refractivity contribution >= 4 is 5.97 Å². The first-order valence-corrected chi connectivity index (χ1v) is 6.17. The number of carboxylic acid groups (broad SMARTS) is 1. The fourth-order valence-electron chi connectivity index (χ4n) is 2.09. The molecule has 1 rings (SSSR count). The lowest BCUT2D eigenvalue weighted by atomic mass is 9.98. The van der Waals surface area contributed by atoms with Gasteiger partial charge in [-0.05, 0) is 32.1 Å². The van der Waals surface area contributed by atoms with Crippen molar-refractivity contribution < 1.29 is 14.6 Å². The van der Waals surface area contributed by atoms with E-state index in [1.54, 1.807) is 0 Å². The fourth-order valence-corrected chi connectivity index (χ4v) is 2.09. The summed E-state index contributed by atoms with van der Waals surface area (Å²) in [6.45, 7) is 6.90. The van der Waals surface area contributed by atoms with Crippen molar-refractivity contribution in [2.45, 2.75) is 39.2 Å². The fraction of sp³-hybridized carbons (Fsp3) is 0.917. The normalized spacial score (nSPS) is 19.9. The maximum Gasteiger partial charge on any atom is 0.317 e. The van der Waals surface area contributed by atoms with Crippen LogP contribution in [-0.4, -0.2) is 48.3 Å². The second kappa shape index (κ2) is 6.86. The second-order valence-corrected chi connectivity index (χ2v) is 4.64. The molecule has 1 unspecified atom stereocenters. The topological polar surface area (TPSA) is 49.8 Å². The summed E-state index contributed by atoms with van der Waals surface area (Å²) in [7, 11) is 0. The van der Waals surface area contributed by atoms with Crippen molar-refractivity contribution in [3.63, 3.8) is 0 Å². The Morgan fingerprint density at radius 2 is 2.12 bits per heavy atom. The summed E-state index contributed by atoms with van der Waals surface area (Å²) in [5.41, 5.74) is 0. The van der Waals surface area contributed by atoms with Crippen LogP contribution in [0.2, 0.25) is 0 Å². The minimum atomic E-state index is -0.729. The molecule has 1 N–H and O–H groups in total. The van der Waals surface area contributed by atoms with E-state index < -0.39 is 5.97 Å². The predicted molar refractivity (Wildman–Crippen MR) is 62.5 cm³/mol. The van der Waals surface area contributed by atoms with Gasteiger partial charge in [0.05, 0.1) is 6.54 Å². The SMILES string of the molecule is CCC(C)N(CC(=O)O)CC1CCOCC1. The molecular formula is C12H23NO3. The van der Waals surface area contributed by atoms with Gasteiger partial charge in [0.15, 0.2) is 0 Å². The predicted octanol–water partition coefficient (Wildman–Crippen LogP) is 1.60. The van der Waals surface area contributed by atoms with Crippen molar-refractivity contribution in [1.82, 2.24) is 4.90 Å². The van der Waals surface area contributed by atoms with Crippen LogP contribution in [0.15, 0.2) is 0 Å². The van der Waals surface area contributed by atoms with Gasteiger partial charge < -0.3 is 9.84 Å². The Morgan fingerprint density at radius 1 is 1.50 bits per heavy atom. The lowest BCUT2D eigenvalue weighted by molar-refractivity contribution is -0.139. The Balaban J connectivity index is 2.44. The zero-order chi connectivity index (χ0) is 12.0. The van der Waals surface area contributed by atoms with E-state index in [0.29, 0.717) is 12.0 Å². The van der Waals surface area contributed by atoms with Crippen molar-refractivity contribution in [1.29, 1.82) is 0 Å². The van der Waals surface area contributed by atoms with Gasteiger partial charge in [-0.2, -0.15) is 0 Å². The first kappa shape index (κ1) is 13.5. The average molecular weight is 229 g/mol. The molecule has 1 aliphatic heterocycles. The van der Waals surface area contributed by atoms with E-state index in [1.807, 2.05) is 0 Å². The Hall–Kier alpha value is -0.610. The highest BCUT2D eigenvalue weighted by Crippen LogP contribution is 2.17. The first-order valence-electron chi connectivity index (χ1n) is 6.17. The first-order chi connectivity index (χ1) is 7.63. The Kier molecular flexibility index (Phi) is 5.77. The highest BCUT2D eigenvalue weighted by molar-refractivity contribution is 5.69. The molecule has 1 heterocycles. The van der Waals surface area contributed by atoms with Crippen molar-refractivity contribution in [3.05, 3.63) is 0 Å². The van der Waals surface area contributed by atoms with E-state index in [-0.39, 0.29) is 6.54 Å². The van der Waals surface area contributed by atoms with Crippen molar-refractivity contribution in [3.8, 4) is 0 Å². The minimum absolute atomic E-state index is 0.159. The number of ether oxygens (including phenoxy) is 1. The molecule has 0 aliphatic carbocycles. The van der Waals surface area contributed by atoms with Crippen molar-refractivity contribution in [2.24, 2.45) is 5.92 Å². The van der Waals surface area contributed by atoms with Gasteiger partial charge in [0, 0.05) is 25.8 Å². The summed E-state index contributed by atoms with van der Waals surface area (Å²) in [5.74, 6) is -0.130. The molecule has 1 saturated heterocycles. The lowest BCUT2D eigenvalue weighted by Gasteiger charge is -2.32. The summed E-state index contributed by atoms with van der Waals surface area (Å²) in [4.78, 5) is 12.9. The van der Waals surface area contributed by atoms with Gasteiger partial charge in [-0.1, -0.05) is 6.92 Å². The summed E-state index contributed by atoms with van der Waals surface area (Å²) < 4.78 is 5.31. The molecule has 0 radical (unpaired) electrons. The van der Waals surface area contributed by atoms with Gasteiger partial charge in [-0.3, -0.25) is 9.69 Å². The molecule has 1 atom stereocenters. The third-order valence-electron chi connectivity index (χ3n) is 3.39. The molecule has 1 aliphatic rings. The number of hydrogen-bond acceptors (Lipinski definition) is 3. The van der Waals surface area contributed by atoms with E-state index in [9.17, 15) is 4.79 Å². The average Bonchev–Trinajstić information content (AvgIpc) is 2.28. The Bertz CT molecular complexity index is 214. The van der Waals surface area contributed by atoms with Crippen molar-refractivity contribution in [2.75, 3.05) is 26.3 Å². The van der Waals surface area contributed by atoms with Gasteiger partial charge in [-0.15, -0.1) is 0 Å². The summed E-state index contributed by atoms with van der Waals surface area (Å²) in [6, 6.07) is 0.346. The molecule has 0 aromatic rings. The van der Waals surface area contributed by atoms with Crippen LogP contribution < -0.4 is 0 Å². The largest absolute Gasteiger partial charge is 0.480 e. The Morgan fingerprint density at radius 3 is 2.62 bits per heavy atom. The van der Waals surface area contributed by atoms with Gasteiger partial charge in [0.1, 0.15) is 0 Å². The molecule has 1 fully saturated rings. The monoisotopic (exact) mass is 229 g/mol. The van der Waals surface area contributed by atoms with E-state index >= 15 is 0 Å². The molecule has 0 saturated carbocycles. The number of hydrogen-bond donors (Lipinski definition) is 1. The smallest absolute Gasteiger partial charge is 0.317 e. The minimum Gasteiger partial charge on any atom is -0.480 e.